The predicted molar refractivity (Wildman–Crippen MR) is 111 cm³/mol. The first-order valence-corrected chi connectivity index (χ1v) is 9.88. The van der Waals surface area contributed by atoms with Crippen LogP contribution in [0.15, 0.2) is 59.4 Å². The highest BCUT2D eigenvalue weighted by Gasteiger charge is 2.26. The molecule has 3 aromatic heterocycles. The van der Waals surface area contributed by atoms with Crippen molar-refractivity contribution in [1.29, 1.82) is 0 Å². The number of hydrogen-bond donors (Lipinski definition) is 2. The van der Waals surface area contributed by atoms with Gasteiger partial charge in [-0.25, -0.2) is 14.2 Å². The number of carbonyl (C=O) groups is 1. The van der Waals surface area contributed by atoms with Crippen LogP contribution in [0.1, 0.15) is 24.3 Å². The normalized spacial score (nSPS) is 14.9. The Bertz CT molecular complexity index is 1190. The Hall–Kier alpha value is -3.68. The van der Waals surface area contributed by atoms with Gasteiger partial charge in [-0.1, -0.05) is 17.3 Å². The summed E-state index contributed by atoms with van der Waals surface area (Å²) in [6.07, 6.45) is 5.54. The zero-order valence-corrected chi connectivity index (χ0v) is 16.1. The number of amides is 2. The van der Waals surface area contributed by atoms with E-state index in [1.165, 1.54) is 17.7 Å². The number of urea groups is 1. The van der Waals surface area contributed by atoms with E-state index in [0.717, 1.165) is 23.9 Å². The van der Waals surface area contributed by atoms with Crippen LogP contribution in [0.5, 0.6) is 0 Å². The first-order chi connectivity index (χ1) is 14.7. The number of benzene rings is 1. The zero-order chi connectivity index (χ0) is 20.5. The summed E-state index contributed by atoms with van der Waals surface area (Å²) in [5.41, 5.74) is 2.45. The number of nitrogens with zero attached hydrogens (tertiary/aromatic N) is 3. The number of piperidine rings is 1. The number of fused-ring (bicyclic) bond motifs is 1. The van der Waals surface area contributed by atoms with Crippen molar-refractivity contribution in [2.75, 3.05) is 18.4 Å². The molecule has 1 aliphatic heterocycles. The Balaban J connectivity index is 1.22. The summed E-state index contributed by atoms with van der Waals surface area (Å²) < 4.78 is 19.1. The first-order valence-electron chi connectivity index (χ1n) is 9.88. The van der Waals surface area contributed by atoms with E-state index in [-0.39, 0.29) is 17.6 Å². The molecule has 30 heavy (non-hydrogen) atoms. The van der Waals surface area contributed by atoms with Crippen LogP contribution in [-0.2, 0) is 0 Å². The number of pyridine rings is 1. The topological polar surface area (TPSA) is 87.0 Å². The lowest BCUT2D eigenvalue weighted by Gasteiger charge is -2.31. The van der Waals surface area contributed by atoms with Crippen molar-refractivity contribution in [3.63, 3.8) is 0 Å². The predicted octanol–water partition coefficient (Wildman–Crippen LogP) is 4.77. The molecule has 1 fully saturated rings. The quantitative estimate of drug-likeness (QED) is 0.514. The third kappa shape index (κ3) is 3.41. The summed E-state index contributed by atoms with van der Waals surface area (Å²) in [6.45, 7) is 1.28. The smallest absolute Gasteiger partial charge is 0.323 e. The fourth-order valence-corrected chi connectivity index (χ4v) is 4.02. The van der Waals surface area contributed by atoms with E-state index >= 15 is 0 Å². The minimum Gasteiger partial charge on any atom is -0.354 e. The van der Waals surface area contributed by atoms with E-state index in [0.29, 0.717) is 24.6 Å². The molecule has 4 aromatic rings. The van der Waals surface area contributed by atoms with Crippen molar-refractivity contribution in [2.24, 2.45) is 0 Å². The molecule has 2 amide bonds. The zero-order valence-electron chi connectivity index (χ0n) is 16.1. The van der Waals surface area contributed by atoms with Crippen LogP contribution in [0.4, 0.5) is 15.0 Å². The van der Waals surface area contributed by atoms with Crippen LogP contribution in [0.3, 0.4) is 0 Å². The third-order valence-electron chi connectivity index (χ3n) is 5.59. The number of carbonyl (C=O) groups excluding carboxylic acids is 1. The monoisotopic (exact) mass is 405 g/mol. The van der Waals surface area contributed by atoms with Gasteiger partial charge in [-0.05, 0) is 48.6 Å². The summed E-state index contributed by atoms with van der Waals surface area (Å²) in [7, 11) is 0. The summed E-state index contributed by atoms with van der Waals surface area (Å²) in [5.74, 6) is 0.519. The van der Waals surface area contributed by atoms with E-state index < -0.39 is 5.82 Å². The lowest BCUT2D eigenvalue weighted by atomic mass is 9.89. The lowest BCUT2D eigenvalue weighted by molar-refractivity contribution is 0.194. The largest absolute Gasteiger partial charge is 0.354 e. The first kappa shape index (κ1) is 18.4. The van der Waals surface area contributed by atoms with E-state index in [1.807, 2.05) is 12.3 Å². The maximum absolute atomic E-state index is 13.9. The fourth-order valence-electron chi connectivity index (χ4n) is 4.02. The molecule has 0 unspecified atom stereocenters. The molecule has 0 spiro atoms. The van der Waals surface area contributed by atoms with Crippen molar-refractivity contribution in [1.82, 2.24) is 20.0 Å². The van der Waals surface area contributed by atoms with Gasteiger partial charge in [0, 0.05) is 36.9 Å². The number of likely N-dealkylation sites (tertiary alicyclic amines) is 1. The average Bonchev–Trinajstić information content (AvgIpc) is 3.41. The molecule has 5 rings (SSSR count). The van der Waals surface area contributed by atoms with Gasteiger partial charge >= 0.3 is 6.03 Å². The van der Waals surface area contributed by atoms with Crippen molar-refractivity contribution >= 4 is 22.9 Å². The fraction of sp³-hybridized carbons (Fsp3) is 0.227. The van der Waals surface area contributed by atoms with Crippen LogP contribution in [0.25, 0.3) is 22.4 Å². The Labute approximate surface area is 171 Å². The molecular formula is C22H20FN5O2. The van der Waals surface area contributed by atoms with Gasteiger partial charge in [-0.3, -0.25) is 5.32 Å². The molecule has 2 N–H and O–H groups in total. The average molecular weight is 405 g/mol. The van der Waals surface area contributed by atoms with Crippen LogP contribution in [0.2, 0.25) is 0 Å². The highest BCUT2D eigenvalue weighted by atomic mass is 19.1. The van der Waals surface area contributed by atoms with E-state index in [2.05, 4.69) is 26.5 Å². The van der Waals surface area contributed by atoms with Crippen molar-refractivity contribution in [2.45, 2.75) is 18.8 Å². The number of aromatic amines is 1. The number of halogens is 1. The van der Waals surface area contributed by atoms with Gasteiger partial charge in [-0.15, -0.1) is 0 Å². The van der Waals surface area contributed by atoms with Crippen LogP contribution < -0.4 is 5.32 Å². The molecule has 1 aromatic carbocycles. The van der Waals surface area contributed by atoms with Crippen LogP contribution in [-0.4, -0.2) is 39.1 Å². The van der Waals surface area contributed by atoms with Gasteiger partial charge in [0.25, 0.3) is 0 Å². The Morgan fingerprint density at radius 3 is 2.87 bits per heavy atom. The molecule has 0 atom stereocenters. The summed E-state index contributed by atoms with van der Waals surface area (Å²) >= 11 is 0. The standard InChI is InChI=1S/C22H20FN5O2/c23-18-6-2-1-4-16(18)19-12-20(27-30-19)26-22(29)28-10-7-14(8-11-28)17-13-25-21-15(17)5-3-9-24-21/h1-6,9,12-14H,7-8,10-11H2,(H,24,25)(H,26,27,29). The molecule has 1 saturated heterocycles. The molecule has 0 bridgehead atoms. The van der Waals surface area contributed by atoms with Crippen molar-refractivity contribution < 1.29 is 13.7 Å². The third-order valence-corrected chi connectivity index (χ3v) is 5.59. The van der Waals surface area contributed by atoms with Gasteiger partial charge in [0.2, 0.25) is 0 Å². The minimum atomic E-state index is -0.402. The maximum atomic E-state index is 13.9. The molecule has 1 aliphatic rings. The number of rotatable bonds is 3. The molecule has 0 aliphatic carbocycles. The Kier molecular flexibility index (Phi) is 4.66. The molecule has 0 saturated carbocycles. The second kappa shape index (κ2) is 7.62. The lowest BCUT2D eigenvalue weighted by Crippen LogP contribution is -2.40. The summed E-state index contributed by atoms with van der Waals surface area (Å²) in [4.78, 5) is 22.0. The van der Waals surface area contributed by atoms with E-state index in [4.69, 9.17) is 4.52 Å². The van der Waals surface area contributed by atoms with E-state index in [9.17, 15) is 9.18 Å². The number of nitrogens with one attached hydrogen (secondary N) is 2. The van der Waals surface area contributed by atoms with Crippen LogP contribution >= 0.6 is 0 Å². The van der Waals surface area contributed by atoms with Gasteiger partial charge in [0.15, 0.2) is 11.6 Å². The SMILES string of the molecule is O=C(Nc1cc(-c2ccccc2F)on1)N1CCC(c2c[nH]c3ncccc23)CC1. The van der Waals surface area contributed by atoms with Gasteiger partial charge in [0.05, 0.1) is 5.56 Å². The molecule has 152 valence electrons. The van der Waals surface area contributed by atoms with Gasteiger partial charge in [-0.2, -0.15) is 0 Å². The van der Waals surface area contributed by atoms with Crippen LogP contribution in [0, 0.1) is 5.82 Å². The number of aromatic nitrogens is 3. The second-order valence-corrected chi connectivity index (χ2v) is 7.39. The van der Waals surface area contributed by atoms with Gasteiger partial charge < -0.3 is 14.4 Å². The molecule has 0 radical (unpaired) electrons. The van der Waals surface area contributed by atoms with Crippen molar-refractivity contribution in [3.05, 3.63) is 66.2 Å². The Morgan fingerprint density at radius 2 is 2.03 bits per heavy atom. The minimum absolute atomic E-state index is 0.234. The number of anilines is 1. The summed E-state index contributed by atoms with van der Waals surface area (Å²) in [5, 5.41) is 7.73. The second-order valence-electron chi connectivity index (χ2n) is 7.39. The highest BCUT2D eigenvalue weighted by Crippen LogP contribution is 2.33. The van der Waals surface area contributed by atoms with Gasteiger partial charge in [0.1, 0.15) is 11.5 Å². The molecule has 7 nitrogen and oxygen atoms in total. The van der Waals surface area contributed by atoms with E-state index in [1.54, 1.807) is 29.3 Å². The maximum Gasteiger partial charge on any atom is 0.323 e. The number of H-pyrrole nitrogens is 1. The number of hydrogen-bond acceptors (Lipinski definition) is 4. The van der Waals surface area contributed by atoms with Crippen molar-refractivity contribution in [3.8, 4) is 11.3 Å². The highest BCUT2D eigenvalue weighted by molar-refractivity contribution is 5.89. The molecule has 8 heteroatoms. The molecular weight excluding hydrogens is 385 g/mol. The summed E-state index contributed by atoms with van der Waals surface area (Å²) in [6, 6.07) is 11.6. The molecule has 4 heterocycles. The Morgan fingerprint density at radius 1 is 1.20 bits per heavy atom.